The van der Waals surface area contributed by atoms with Gasteiger partial charge < -0.3 is 9.73 Å². The lowest BCUT2D eigenvalue weighted by Crippen LogP contribution is -2.26. The Labute approximate surface area is 174 Å². The van der Waals surface area contributed by atoms with Gasteiger partial charge in [-0.25, -0.2) is 0 Å². The van der Waals surface area contributed by atoms with Crippen molar-refractivity contribution in [1.82, 2.24) is 10.2 Å². The van der Waals surface area contributed by atoms with Crippen LogP contribution >= 0.6 is 23.1 Å². The number of hydrogen-bond acceptors (Lipinski definition) is 7. The minimum absolute atomic E-state index is 0.156. The first-order valence-corrected chi connectivity index (χ1v) is 11.3. The molecule has 2 aromatic heterocycles. The van der Waals surface area contributed by atoms with E-state index in [9.17, 15) is 10.1 Å². The lowest BCUT2D eigenvalue weighted by atomic mass is 9.72. The summed E-state index contributed by atoms with van der Waals surface area (Å²) in [6.07, 6.45) is 2.96. The number of thiophene rings is 1. The van der Waals surface area contributed by atoms with Gasteiger partial charge in [-0.2, -0.15) is 5.26 Å². The van der Waals surface area contributed by atoms with Crippen LogP contribution in [0.2, 0.25) is 0 Å². The Morgan fingerprint density at radius 3 is 2.79 bits per heavy atom. The lowest BCUT2D eigenvalue weighted by Gasteiger charge is -2.33. The second-order valence-electron chi connectivity index (χ2n) is 8.52. The molecule has 1 atom stereocenters. The topological polar surface area (TPSA) is 91.8 Å². The number of nitrogens with zero attached hydrogens (tertiary/aromatic N) is 3. The van der Waals surface area contributed by atoms with Crippen LogP contribution in [0.4, 0.5) is 5.00 Å². The molecular weight excluding hydrogens is 392 g/mol. The summed E-state index contributed by atoms with van der Waals surface area (Å²) in [5.74, 6) is 1.31. The predicted octanol–water partition coefficient (Wildman–Crippen LogP) is 5.01. The maximum Gasteiger partial charge on any atom is 0.277 e. The molecule has 0 aromatic carbocycles. The minimum atomic E-state index is -0.170. The van der Waals surface area contributed by atoms with Crippen molar-refractivity contribution in [2.24, 2.45) is 11.3 Å². The van der Waals surface area contributed by atoms with Crippen molar-refractivity contribution in [1.29, 1.82) is 5.26 Å². The molecule has 0 fully saturated rings. The molecule has 2 aromatic rings. The molecule has 3 rings (SSSR count). The Hall–Kier alpha value is -1.85. The van der Waals surface area contributed by atoms with Crippen LogP contribution in [-0.2, 0) is 17.6 Å². The summed E-state index contributed by atoms with van der Waals surface area (Å²) in [5.41, 5.74) is 1.99. The highest BCUT2D eigenvalue weighted by molar-refractivity contribution is 7.99. The zero-order chi connectivity index (χ0) is 20.5. The van der Waals surface area contributed by atoms with Gasteiger partial charge in [-0.05, 0) is 36.2 Å². The number of amides is 1. The molecular formula is C20H26N4O2S2. The van der Waals surface area contributed by atoms with E-state index in [4.69, 9.17) is 4.42 Å². The summed E-state index contributed by atoms with van der Waals surface area (Å²) >= 11 is 2.76. The number of fused-ring (bicyclic) bond motifs is 1. The Bertz CT molecular complexity index is 902. The van der Waals surface area contributed by atoms with E-state index in [1.54, 1.807) is 11.3 Å². The van der Waals surface area contributed by atoms with Gasteiger partial charge in [0.15, 0.2) is 0 Å². The number of rotatable bonds is 5. The highest BCUT2D eigenvalue weighted by atomic mass is 32.2. The number of hydrogen-bond donors (Lipinski definition) is 1. The van der Waals surface area contributed by atoms with Gasteiger partial charge in [0.1, 0.15) is 11.1 Å². The number of thioether (sulfide) groups is 1. The Morgan fingerprint density at radius 1 is 1.43 bits per heavy atom. The molecule has 0 spiro atoms. The first-order valence-electron chi connectivity index (χ1n) is 9.49. The normalized spacial score (nSPS) is 16.7. The monoisotopic (exact) mass is 418 g/mol. The third kappa shape index (κ3) is 4.58. The summed E-state index contributed by atoms with van der Waals surface area (Å²) in [7, 11) is 0. The molecule has 150 valence electrons. The number of carbonyl (C=O) groups excluding carboxylic acids is 1. The Morgan fingerprint density at radius 2 is 2.18 bits per heavy atom. The van der Waals surface area contributed by atoms with E-state index in [0.29, 0.717) is 27.6 Å². The fraction of sp³-hybridized carbons (Fsp3) is 0.600. The maximum absolute atomic E-state index is 12.4. The number of anilines is 1. The van der Waals surface area contributed by atoms with Crippen LogP contribution in [0, 0.1) is 22.7 Å². The van der Waals surface area contributed by atoms with Crippen molar-refractivity contribution in [3.63, 3.8) is 0 Å². The molecule has 1 aliphatic carbocycles. The molecule has 0 saturated heterocycles. The van der Waals surface area contributed by atoms with Crippen molar-refractivity contribution < 1.29 is 9.21 Å². The zero-order valence-corrected chi connectivity index (χ0v) is 18.6. The van der Waals surface area contributed by atoms with Crippen LogP contribution in [0.1, 0.15) is 68.9 Å². The largest absolute Gasteiger partial charge is 0.416 e. The van der Waals surface area contributed by atoms with Crippen LogP contribution in [0.25, 0.3) is 0 Å². The van der Waals surface area contributed by atoms with Gasteiger partial charge in [-0.3, -0.25) is 4.79 Å². The highest BCUT2D eigenvalue weighted by Gasteiger charge is 2.32. The lowest BCUT2D eigenvalue weighted by molar-refractivity contribution is -0.113. The average molecular weight is 419 g/mol. The number of aromatic nitrogens is 2. The zero-order valence-electron chi connectivity index (χ0n) is 17.0. The highest BCUT2D eigenvalue weighted by Crippen LogP contribution is 2.44. The molecule has 1 amide bonds. The van der Waals surface area contributed by atoms with E-state index in [1.807, 2.05) is 13.8 Å². The van der Waals surface area contributed by atoms with E-state index in [-0.39, 0.29) is 23.0 Å². The Kier molecular flexibility index (Phi) is 6.15. The molecule has 2 heterocycles. The maximum atomic E-state index is 12.4. The van der Waals surface area contributed by atoms with Crippen molar-refractivity contribution in [2.75, 3.05) is 11.1 Å². The summed E-state index contributed by atoms with van der Waals surface area (Å²) in [4.78, 5) is 13.6. The van der Waals surface area contributed by atoms with Crippen LogP contribution in [0.5, 0.6) is 0 Å². The van der Waals surface area contributed by atoms with Crippen LogP contribution < -0.4 is 5.32 Å². The SMILES string of the molecule is CC(C)c1nnc(SCC(=O)Nc2sc3c(c2C#N)CCC(C(C)(C)C)C3)o1. The number of carbonyl (C=O) groups is 1. The fourth-order valence-corrected chi connectivity index (χ4v) is 5.20. The summed E-state index contributed by atoms with van der Waals surface area (Å²) in [6, 6.07) is 2.30. The molecule has 1 aliphatic rings. The molecule has 0 bridgehead atoms. The number of nitrogens with one attached hydrogen (secondary N) is 1. The number of nitriles is 1. The summed E-state index contributed by atoms with van der Waals surface area (Å²) in [5, 5.41) is 21.5. The smallest absolute Gasteiger partial charge is 0.277 e. The van der Waals surface area contributed by atoms with Gasteiger partial charge >= 0.3 is 0 Å². The van der Waals surface area contributed by atoms with Crippen molar-refractivity contribution in [3.05, 3.63) is 21.9 Å². The summed E-state index contributed by atoms with van der Waals surface area (Å²) < 4.78 is 5.51. The predicted molar refractivity (Wildman–Crippen MR) is 112 cm³/mol. The van der Waals surface area contributed by atoms with E-state index in [2.05, 4.69) is 42.4 Å². The molecule has 0 aliphatic heterocycles. The van der Waals surface area contributed by atoms with E-state index in [1.165, 1.54) is 16.6 Å². The first kappa shape index (κ1) is 20.9. The van der Waals surface area contributed by atoms with Gasteiger partial charge in [0.2, 0.25) is 11.8 Å². The third-order valence-electron chi connectivity index (χ3n) is 5.10. The molecule has 1 unspecified atom stereocenters. The standard InChI is InChI=1S/C20H26N4O2S2/c1-11(2)17-23-24-19(26-17)27-10-16(25)22-18-14(9-21)13-7-6-12(20(3,4)5)8-15(13)28-18/h11-12H,6-8,10H2,1-5H3,(H,22,25). The quantitative estimate of drug-likeness (QED) is 0.686. The first-order chi connectivity index (χ1) is 13.2. The average Bonchev–Trinajstić information content (AvgIpc) is 3.22. The van der Waals surface area contributed by atoms with Crippen molar-refractivity contribution in [2.45, 2.75) is 65.0 Å². The molecule has 28 heavy (non-hydrogen) atoms. The summed E-state index contributed by atoms with van der Waals surface area (Å²) in [6.45, 7) is 10.7. The second kappa shape index (κ2) is 8.26. The van der Waals surface area contributed by atoms with Gasteiger partial charge in [0.05, 0.1) is 11.3 Å². The van der Waals surface area contributed by atoms with Crippen LogP contribution in [0.3, 0.4) is 0 Å². The van der Waals surface area contributed by atoms with E-state index < -0.39 is 0 Å². The van der Waals surface area contributed by atoms with Crippen LogP contribution in [0.15, 0.2) is 9.64 Å². The minimum Gasteiger partial charge on any atom is -0.416 e. The fourth-order valence-electron chi connectivity index (χ4n) is 3.33. The molecule has 1 N–H and O–H groups in total. The Balaban J connectivity index is 1.66. The van der Waals surface area contributed by atoms with Crippen molar-refractivity contribution >= 4 is 34.0 Å². The van der Waals surface area contributed by atoms with Gasteiger partial charge in [-0.15, -0.1) is 21.5 Å². The molecule has 0 saturated carbocycles. The third-order valence-corrected chi connectivity index (χ3v) is 7.09. The van der Waals surface area contributed by atoms with E-state index in [0.717, 1.165) is 24.8 Å². The molecule has 8 heteroatoms. The van der Waals surface area contributed by atoms with Gasteiger partial charge in [0.25, 0.3) is 5.22 Å². The van der Waals surface area contributed by atoms with Crippen LogP contribution in [-0.4, -0.2) is 21.9 Å². The van der Waals surface area contributed by atoms with Gasteiger partial charge in [0, 0.05) is 10.8 Å². The second-order valence-corrected chi connectivity index (χ2v) is 10.6. The van der Waals surface area contributed by atoms with E-state index >= 15 is 0 Å². The molecule has 0 radical (unpaired) electrons. The molecule has 6 nitrogen and oxygen atoms in total. The van der Waals surface area contributed by atoms with Crippen molar-refractivity contribution in [3.8, 4) is 6.07 Å². The van der Waals surface area contributed by atoms with Gasteiger partial charge in [-0.1, -0.05) is 46.4 Å².